The maximum absolute atomic E-state index is 14.2. The number of esters is 1. The molecule has 6 aromatic rings. The molecule has 9 rings (SSSR count). The number of hydrogen-bond donors (Lipinski definition) is 6. The number of imidazole rings is 1. The van der Waals surface area contributed by atoms with Crippen LogP contribution < -0.4 is 26.2 Å². The van der Waals surface area contributed by atoms with E-state index in [2.05, 4.69) is 46.0 Å². The van der Waals surface area contributed by atoms with Crippen molar-refractivity contribution in [3.63, 3.8) is 0 Å². The molecule has 3 fully saturated rings. The number of nitrogens with zero attached hydrogens (tertiary/aromatic N) is 8. The van der Waals surface area contributed by atoms with Crippen molar-refractivity contribution in [3.8, 4) is 0 Å². The molecule has 3 aliphatic rings. The van der Waals surface area contributed by atoms with E-state index in [0.717, 1.165) is 42.9 Å². The standard InChI is InChI=1S/C48H53F3N12O6/c49-48(50,51)46(67)69-27-29-24-55-63(26-29)37-23-36(40(64)41(37)65)62-28-54-39-42(53-25-35(30-9-3-1-4-10-30)31-11-5-2-6-12-31)59-43(60-44(39)62)45(66)56-32-14-16-33(17-15-32)57-47(68)58-34-18-21-61(22-19-34)38-13-7-8-20-52-38/h1-13,20,24,26,28,32-37,40-41,64-65H,14-19,21-23,25,27H2,(H,56,66)(H,53,59,60)(H2,57,58,68)/t32?,33?,36-,37+,40+,41-/m1/s1. The first kappa shape index (κ1) is 47.0. The Labute approximate surface area is 394 Å². The predicted octanol–water partition coefficient (Wildman–Crippen LogP) is 5.18. The third-order valence-electron chi connectivity index (χ3n) is 13.3. The van der Waals surface area contributed by atoms with Crippen molar-refractivity contribution < 1.29 is 42.5 Å². The molecule has 362 valence electrons. The van der Waals surface area contributed by atoms with Gasteiger partial charge in [0.2, 0.25) is 5.82 Å². The van der Waals surface area contributed by atoms with E-state index in [0.29, 0.717) is 37.7 Å². The van der Waals surface area contributed by atoms with E-state index in [1.54, 1.807) is 10.8 Å². The lowest BCUT2D eigenvalue weighted by atomic mass is 9.91. The smallest absolute Gasteiger partial charge is 0.454 e. The molecule has 2 aliphatic carbocycles. The normalized spacial score (nSPS) is 22.1. The molecular formula is C48H53F3N12O6. The predicted molar refractivity (Wildman–Crippen MR) is 246 cm³/mol. The lowest BCUT2D eigenvalue weighted by molar-refractivity contribution is -0.201. The molecular weight excluding hydrogens is 898 g/mol. The summed E-state index contributed by atoms with van der Waals surface area (Å²) >= 11 is 0. The molecule has 21 heteroatoms. The highest BCUT2D eigenvalue weighted by Gasteiger charge is 2.45. The molecule has 0 unspecified atom stereocenters. The van der Waals surface area contributed by atoms with Gasteiger partial charge in [-0.05, 0) is 68.2 Å². The summed E-state index contributed by atoms with van der Waals surface area (Å²) in [5.74, 6) is -1.94. The lowest BCUT2D eigenvalue weighted by Gasteiger charge is -2.34. The van der Waals surface area contributed by atoms with Gasteiger partial charge in [-0.1, -0.05) is 66.7 Å². The highest BCUT2D eigenvalue weighted by Crippen LogP contribution is 2.40. The molecule has 3 amide bonds. The zero-order valence-corrected chi connectivity index (χ0v) is 37.5. The molecule has 4 aromatic heterocycles. The SMILES string of the molecule is O=C(NC1CCC(NC(=O)c2nc(NCC(c3ccccc3)c3ccccc3)c3ncn([C@@H]4C[C@H](n5cc(COC(=O)C(F)(F)F)cn5)[C@@H](O)[C@H]4O)c3n2)CC1)NC1CCN(c2ccccn2)CC1. The van der Waals surface area contributed by atoms with E-state index in [4.69, 9.17) is 9.97 Å². The fourth-order valence-electron chi connectivity index (χ4n) is 9.61. The third-order valence-corrected chi connectivity index (χ3v) is 13.3. The number of piperidine rings is 1. The van der Waals surface area contributed by atoms with Crippen LogP contribution in [0.4, 0.5) is 29.6 Å². The number of carbonyl (C=O) groups excluding carboxylic acids is 3. The fourth-order valence-corrected chi connectivity index (χ4v) is 9.61. The molecule has 1 saturated heterocycles. The van der Waals surface area contributed by atoms with E-state index in [1.807, 2.05) is 78.9 Å². The number of amides is 3. The number of nitrogens with one attached hydrogen (secondary N) is 4. The van der Waals surface area contributed by atoms with Crippen molar-refractivity contribution in [1.82, 2.24) is 50.2 Å². The second kappa shape index (κ2) is 20.6. The van der Waals surface area contributed by atoms with Crippen LogP contribution >= 0.6 is 0 Å². The number of carbonyl (C=O) groups is 3. The van der Waals surface area contributed by atoms with Crippen molar-refractivity contribution in [2.45, 2.75) is 106 Å². The average molecular weight is 951 g/mol. The topological polar surface area (TPSA) is 227 Å². The number of urea groups is 1. The van der Waals surface area contributed by atoms with Gasteiger partial charge in [0.05, 0.1) is 24.6 Å². The van der Waals surface area contributed by atoms with Crippen molar-refractivity contribution in [1.29, 1.82) is 0 Å². The van der Waals surface area contributed by atoms with Crippen molar-refractivity contribution in [3.05, 3.63) is 126 Å². The van der Waals surface area contributed by atoms with Gasteiger partial charge in [0, 0.05) is 61.6 Å². The molecule has 4 atom stereocenters. The number of hydrogen-bond acceptors (Lipinski definition) is 13. The van der Waals surface area contributed by atoms with Crippen LogP contribution in [0.5, 0.6) is 0 Å². The number of aliphatic hydroxyl groups is 2. The Balaban J connectivity index is 0.894. The largest absolute Gasteiger partial charge is 0.490 e. The molecule has 0 bridgehead atoms. The van der Waals surface area contributed by atoms with Crippen LogP contribution in [0.1, 0.15) is 90.3 Å². The van der Waals surface area contributed by atoms with Gasteiger partial charge in [-0.15, -0.1) is 0 Å². The monoisotopic (exact) mass is 950 g/mol. The molecule has 1 aliphatic heterocycles. The van der Waals surface area contributed by atoms with E-state index < -0.39 is 49.0 Å². The summed E-state index contributed by atoms with van der Waals surface area (Å²) in [6.07, 6.45) is 2.07. The molecule has 2 saturated carbocycles. The number of anilines is 2. The fraction of sp³-hybridized carbons (Fsp3) is 0.417. The molecule has 0 spiro atoms. The number of ether oxygens (including phenoxy) is 1. The average Bonchev–Trinajstić information content (AvgIpc) is 4.09. The van der Waals surface area contributed by atoms with Gasteiger partial charge in [0.25, 0.3) is 5.91 Å². The maximum atomic E-state index is 14.2. The van der Waals surface area contributed by atoms with E-state index in [-0.39, 0.29) is 59.3 Å². The van der Waals surface area contributed by atoms with Crippen molar-refractivity contribution in [2.75, 3.05) is 29.9 Å². The summed E-state index contributed by atoms with van der Waals surface area (Å²) in [4.78, 5) is 59.3. The minimum atomic E-state index is -5.16. The quantitative estimate of drug-likeness (QED) is 0.0775. The Kier molecular flexibility index (Phi) is 14.0. The summed E-state index contributed by atoms with van der Waals surface area (Å²) in [6.45, 7) is 1.26. The number of rotatable bonds is 14. The minimum absolute atomic E-state index is 0.0564. The van der Waals surface area contributed by atoms with Crippen LogP contribution in [-0.4, -0.2) is 119 Å². The Hall–Kier alpha value is -7.13. The van der Waals surface area contributed by atoms with E-state index in [1.165, 1.54) is 23.4 Å². The highest BCUT2D eigenvalue weighted by atomic mass is 19.4. The molecule has 6 N–H and O–H groups in total. The molecule has 0 radical (unpaired) electrons. The molecule has 18 nitrogen and oxygen atoms in total. The van der Waals surface area contributed by atoms with Gasteiger partial charge < -0.3 is 45.7 Å². The maximum Gasteiger partial charge on any atom is 0.490 e. The number of halogens is 3. The van der Waals surface area contributed by atoms with Crippen LogP contribution in [0.15, 0.2) is 104 Å². The Bertz CT molecular complexity index is 2650. The number of pyridine rings is 1. The van der Waals surface area contributed by atoms with Crippen LogP contribution in [0.3, 0.4) is 0 Å². The van der Waals surface area contributed by atoms with Crippen LogP contribution in [-0.2, 0) is 16.1 Å². The van der Waals surface area contributed by atoms with Crippen LogP contribution in [0, 0.1) is 0 Å². The van der Waals surface area contributed by atoms with E-state index >= 15 is 0 Å². The summed E-state index contributed by atoms with van der Waals surface area (Å²) in [5.41, 5.74) is 2.77. The highest BCUT2D eigenvalue weighted by molar-refractivity contribution is 5.94. The Morgan fingerprint density at radius 2 is 1.39 bits per heavy atom. The van der Waals surface area contributed by atoms with Crippen molar-refractivity contribution in [2.24, 2.45) is 0 Å². The first-order valence-electron chi connectivity index (χ1n) is 23.1. The molecule has 69 heavy (non-hydrogen) atoms. The van der Waals surface area contributed by atoms with E-state index in [9.17, 15) is 37.8 Å². The van der Waals surface area contributed by atoms with Gasteiger partial charge in [0.15, 0.2) is 11.5 Å². The van der Waals surface area contributed by atoms with Gasteiger partial charge in [-0.25, -0.2) is 29.5 Å². The first-order chi connectivity index (χ1) is 33.4. The van der Waals surface area contributed by atoms with Crippen LogP contribution in [0.25, 0.3) is 11.2 Å². The molecule has 5 heterocycles. The summed E-state index contributed by atoms with van der Waals surface area (Å²) in [6, 6.07) is 23.6. The van der Waals surface area contributed by atoms with Gasteiger partial charge in [-0.3, -0.25) is 9.48 Å². The number of benzene rings is 2. The number of aromatic nitrogens is 7. The zero-order valence-electron chi connectivity index (χ0n) is 37.5. The second-order valence-corrected chi connectivity index (χ2v) is 17.8. The van der Waals surface area contributed by atoms with Crippen LogP contribution in [0.2, 0.25) is 0 Å². The lowest BCUT2D eigenvalue weighted by Crippen LogP contribution is -2.51. The zero-order chi connectivity index (χ0) is 48.1. The number of aliphatic hydroxyl groups excluding tert-OH is 2. The summed E-state index contributed by atoms with van der Waals surface area (Å²) < 4.78 is 45.5. The summed E-state index contributed by atoms with van der Waals surface area (Å²) in [5, 5.41) is 39.8. The third kappa shape index (κ3) is 10.9. The first-order valence-corrected chi connectivity index (χ1v) is 23.1. The van der Waals surface area contributed by atoms with Gasteiger partial charge in [0.1, 0.15) is 30.1 Å². The Morgan fingerprint density at radius 1 is 0.768 bits per heavy atom. The number of alkyl halides is 3. The minimum Gasteiger partial charge on any atom is -0.454 e. The van der Waals surface area contributed by atoms with Gasteiger partial charge >= 0.3 is 18.2 Å². The van der Waals surface area contributed by atoms with Crippen molar-refractivity contribution >= 4 is 40.7 Å². The van der Waals surface area contributed by atoms with Gasteiger partial charge in [-0.2, -0.15) is 18.3 Å². The molecule has 2 aromatic carbocycles. The summed E-state index contributed by atoms with van der Waals surface area (Å²) in [7, 11) is 0. The number of fused-ring (bicyclic) bond motifs is 1. The Morgan fingerprint density at radius 3 is 2.03 bits per heavy atom. The second-order valence-electron chi connectivity index (χ2n) is 17.8.